The summed E-state index contributed by atoms with van der Waals surface area (Å²) < 4.78 is 0. The van der Waals surface area contributed by atoms with E-state index in [1.165, 1.54) is 29.5 Å². The van der Waals surface area contributed by atoms with E-state index in [0.717, 1.165) is 16.3 Å². The number of anilines is 1. The topological polar surface area (TPSA) is 67.2 Å². The van der Waals surface area contributed by atoms with Crippen molar-refractivity contribution in [1.29, 1.82) is 0 Å². The maximum absolute atomic E-state index is 11.6. The van der Waals surface area contributed by atoms with Gasteiger partial charge in [0.05, 0.1) is 5.69 Å². The van der Waals surface area contributed by atoms with Crippen LogP contribution in [0.4, 0.5) is 10.5 Å². The lowest BCUT2D eigenvalue weighted by Crippen LogP contribution is -2.34. The molecule has 0 aliphatic heterocycles. The molecular weight excluding hydrogens is 306 g/mol. The molecule has 0 heterocycles. The molecule has 1 aliphatic carbocycles. The van der Waals surface area contributed by atoms with E-state index in [0.29, 0.717) is 5.92 Å². The number of hydrazine groups is 1. The van der Waals surface area contributed by atoms with E-state index in [4.69, 9.17) is 5.84 Å². The van der Waals surface area contributed by atoms with Crippen molar-refractivity contribution in [3.05, 3.63) is 59.2 Å². The third-order valence-corrected chi connectivity index (χ3v) is 5.27. The average molecular weight is 327 g/mol. The van der Waals surface area contributed by atoms with Gasteiger partial charge in [-0.15, -0.1) is 11.8 Å². The SMILES string of the molecule is Cc1ccccc1CSc1c(NC(=O)NN)cccc1C1CC1. The molecule has 4 N–H and O–H groups in total. The maximum Gasteiger partial charge on any atom is 0.333 e. The van der Waals surface area contributed by atoms with Gasteiger partial charge in [0.25, 0.3) is 0 Å². The van der Waals surface area contributed by atoms with Crippen LogP contribution in [0.2, 0.25) is 0 Å². The molecule has 4 nitrogen and oxygen atoms in total. The lowest BCUT2D eigenvalue weighted by Gasteiger charge is -2.15. The smallest absolute Gasteiger partial charge is 0.306 e. The Hall–Kier alpha value is -1.98. The monoisotopic (exact) mass is 327 g/mol. The summed E-state index contributed by atoms with van der Waals surface area (Å²) in [4.78, 5) is 12.8. The third kappa shape index (κ3) is 3.86. The molecule has 2 aromatic rings. The summed E-state index contributed by atoms with van der Waals surface area (Å²) in [5.41, 5.74) is 6.90. The van der Waals surface area contributed by atoms with E-state index >= 15 is 0 Å². The number of benzene rings is 2. The standard InChI is InChI=1S/C18H21N3OS/c1-12-5-2-3-6-14(12)11-23-17-15(13-9-10-13)7-4-8-16(17)20-18(22)21-19/h2-8,13H,9-11,19H2,1H3,(H2,20,21,22). The Morgan fingerprint density at radius 3 is 2.70 bits per heavy atom. The summed E-state index contributed by atoms with van der Waals surface area (Å²) in [6.07, 6.45) is 2.45. The first kappa shape index (κ1) is 15.9. The number of aryl methyl sites for hydroxylation is 1. The third-order valence-electron chi connectivity index (χ3n) is 4.08. The second kappa shape index (κ2) is 7.06. The summed E-state index contributed by atoms with van der Waals surface area (Å²) in [5.74, 6) is 6.70. The first-order valence-electron chi connectivity index (χ1n) is 7.77. The van der Waals surface area contributed by atoms with Crippen LogP contribution in [0, 0.1) is 6.92 Å². The molecule has 0 atom stereocenters. The Balaban J connectivity index is 1.86. The Bertz CT molecular complexity index is 713. The molecule has 0 aromatic heterocycles. The van der Waals surface area contributed by atoms with E-state index in [2.05, 4.69) is 48.0 Å². The lowest BCUT2D eigenvalue weighted by atomic mass is 10.1. The number of carbonyl (C=O) groups excluding carboxylic acids is 1. The molecule has 23 heavy (non-hydrogen) atoms. The van der Waals surface area contributed by atoms with Crippen LogP contribution in [0.1, 0.15) is 35.4 Å². The van der Waals surface area contributed by atoms with Gasteiger partial charge in [-0.2, -0.15) is 0 Å². The molecule has 120 valence electrons. The highest BCUT2D eigenvalue weighted by Gasteiger charge is 2.27. The van der Waals surface area contributed by atoms with Crippen LogP contribution in [-0.2, 0) is 5.75 Å². The van der Waals surface area contributed by atoms with Gasteiger partial charge in [0.15, 0.2) is 0 Å². The van der Waals surface area contributed by atoms with Gasteiger partial charge in [0.1, 0.15) is 0 Å². The molecule has 2 aromatic carbocycles. The predicted molar refractivity (Wildman–Crippen MR) is 95.5 cm³/mol. The first-order valence-corrected chi connectivity index (χ1v) is 8.75. The summed E-state index contributed by atoms with van der Waals surface area (Å²) in [6, 6.07) is 14.1. The normalized spacial score (nSPS) is 13.7. The second-order valence-corrected chi connectivity index (χ2v) is 6.80. The van der Waals surface area contributed by atoms with Gasteiger partial charge in [-0.05, 0) is 48.4 Å². The van der Waals surface area contributed by atoms with Gasteiger partial charge in [0, 0.05) is 10.6 Å². The molecule has 5 heteroatoms. The van der Waals surface area contributed by atoms with Crippen molar-refractivity contribution >= 4 is 23.5 Å². The zero-order valence-corrected chi connectivity index (χ0v) is 14.0. The summed E-state index contributed by atoms with van der Waals surface area (Å²) in [7, 11) is 0. The van der Waals surface area contributed by atoms with E-state index in [1.807, 2.05) is 12.1 Å². The van der Waals surface area contributed by atoms with Crippen molar-refractivity contribution in [3.8, 4) is 0 Å². The molecule has 3 rings (SSSR count). The highest BCUT2D eigenvalue weighted by molar-refractivity contribution is 7.98. The highest BCUT2D eigenvalue weighted by atomic mass is 32.2. The molecule has 2 amide bonds. The number of nitrogens with one attached hydrogen (secondary N) is 2. The Kier molecular flexibility index (Phi) is 4.88. The Labute approximate surface area is 140 Å². The number of thioether (sulfide) groups is 1. The molecule has 0 bridgehead atoms. The van der Waals surface area contributed by atoms with E-state index in [1.54, 1.807) is 11.8 Å². The van der Waals surface area contributed by atoms with Crippen molar-refractivity contribution in [3.63, 3.8) is 0 Å². The minimum atomic E-state index is -0.393. The summed E-state index contributed by atoms with van der Waals surface area (Å²) in [6.45, 7) is 2.13. The Morgan fingerprint density at radius 2 is 2.00 bits per heavy atom. The number of rotatable bonds is 5. The lowest BCUT2D eigenvalue weighted by molar-refractivity contribution is 0.252. The molecular formula is C18H21N3OS. The molecule has 0 saturated heterocycles. The summed E-state index contributed by atoms with van der Waals surface area (Å²) in [5, 5.41) is 2.84. The molecule has 0 radical (unpaired) electrons. The van der Waals surface area contributed by atoms with Crippen LogP contribution < -0.4 is 16.6 Å². The minimum absolute atomic E-state index is 0.393. The first-order chi connectivity index (χ1) is 11.2. The van der Waals surface area contributed by atoms with Crippen LogP contribution in [0.5, 0.6) is 0 Å². The number of hydrogen-bond acceptors (Lipinski definition) is 3. The number of nitrogens with two attached hydrogens (primary N) is 1. The van der Waals surface area contributed by atoms with Crippen molar-refractivity contribution in [1.82, 2.24) is 5.43 Å². The van der Waals surface area contributed by atoms with Gasteiger partial charge < -0.3 is 5.32 Å². The minimum Gasteiger partial charge on any atom is -0.306 e. The number of hydrogen-bond donors (Lipinski definition) is 3. The van der Waals surface area contributed by atoms with Crippen LogP contribution in [-0.4, -0.2) is 6.03 Å². The average Bonchev–Trinajstić information content (AvgIpc) is 3.39. The van der Waals surface area contributed by atoms with Gasteiger partial charge in [-0.3, -0.25) is 5.43 Å². The van der Waals surface area contributed by atoms with Crippen molar-refractivity contribution in [2.75, 3.05) is 5.32 Å². The van der Waals surface area contributed by atoms with Crippen molar-refractivity contribution in [2.45, 2.75) is 36.3 Å². The fourth-order valence-electron chi connectivity index (χ4n) is 2.61. The van der Waals surface area contributed by atoms with Crippen LogP contribution in [0.15, 0.2) is 47.4 Å². The van der Waals surface area contributed by atoms with Crippen molar-refractivity contribution in [2.24, 2.45) is 5.84 Å². The molecule has 0 spiro atoms. The number of carbonyl (C=O) groups is 1. The number of urea groups is 1. The molecule has 1 fully saturated rings. The van der Waals surface area contributed by atoms with Crippen LogP contribution >= 0.6 is 11.8 Å². The molecule has 1 saturated carbocycles. The zero-order chi connectivity index (χ0) is 16.2. The highest BCUT2D eigenvalue weighted by Crippen LogP contribution is 2.47. The van der Waals surface area contributed by atoms with Crippen LogP contribution in [0.25, 0.3) is 0 Å². The summed E-state index contributed by atoms with van der Waals surface area (Å²) >= 11 is 1.78. The van der Waals surface area contributed by atoms with Gasteiger partial charge in [-0.1, -0.05) is 36.4 Å². The quantitative estimate of drug-likeness (QED) is 0.334. The van der Waals surface area contributed by atoms with Gasteiger partial charge in [0.2, 0.25) is 0 Å². The molecule has 1 aliphatic rings. The van der Waals surface area contributed by atoms with Crippen LogP contribution in [0.3, 0.4) is 0 Å². The fourth-order valence-corrected chi connectivity index (χ4v) is 3.91. The van der Waals surface area contributed by atoms with Crippen molar-refractivity contribution < 1.29 is 4.79 Å². The van der Waals surface area contributed by atoms with E-state index in [-0.39, 0.29) is 0 Å². The predicted octanol–water partition coefficient (Wildman–Crippen LogP) is 4.16. The largest absolute Gasteiger partial charge is 0.333 e. The Morgan fingerprint density at radius 1 is 1.22 bits per heavy atom. The second-order valence-electron chi connectivity index (χ2n) is 5.81. The zero-order valence-electron chi connectivity index (χ0n) is 13.1. The molecule has 0 unspecified atom stereocenters. The van der Waals surface area contributed by atoms with Gasteiger partial charge >= 0.3 is 6.03 Å². The maximum atomic E-state index is 11.6. The number of amides is 2. The van der Waals surface area contributed by atoms with Gasteiger partial charge in [-0.25, -0.2) is 10.6 Å². The van der Waals surface area contributed by atoms with E-state index in [9.17, 15) is 4.79 Å². The fraction of sp³-hybridized carbons (Fsp3) is 0.278. The van der Waals surface area contributed by atoms with E-state index < -0.39 is 6.03 Å².